The number of rotatable bonds is 8. The van der Waals surface area contributed by atoms with Gasteiger partial charge in [0.15, 0.2) is 6.29 Å². The topological polar surface area (TPSA) is 85.4 Å². The zero-order valence-electron chi connectivity index (χ0n) is 18.0. The van der Waals surface area contributed by atoms with Crippen molar-refractivity contribution in [3.63, 3.8) is 0 Å². The summed E-state index contributed by atoms with van der Waals surface area (Å²) in [6.45, 7) is 1.90. The lowest BCUT2D eigenvalue weighted by atomic mass is 10.1. The van der Waals surface area contributed by atoms with Crippen molar-refractivity contribution in [2.45, 2.75) is 25.7 Å². The summed E-state index contributed by atoms with van der Waals surface area (Å²) in [6.07, 6.45) is -0.881. The molecule has 1 aliphatic rings. The molecule has 164 valence electrons. The molecule has 0 aliphatic carbocycles. The van der Waals surface area contributed by atoms with Gasteiger partial charge in [-0.25, -0.2) is 4.90 Å². The van der Waals surface area contributed by atoms with Crippen molar-refractivity contribution in [2.75, 3.05) is 32.8 Å². The average Bonchev–Trinajstić information content (AvgIpc) is 3.08. The first-order chi connectivity index (χ1) is 14.9. The van der Waals surface area contributed by atoms with Crippen molar-refractivity contribution in [3.8, 4) is 5.75 Å². The van der Waals surface area contributed by atoms with Crippen LogP contribution in [0.1, 0.15) is 22.3 Å². The molecule has 0 saturated carbocycles. The third-order valence-electron chi connectivity index (χ3n) is 5.24. The Kier molecular flexibility index (Phi) is 7.04. The van der Waals surface area contributed by atoms with E-state index in [0.29, 0.717) is 17.0 Å². The van der Waals surface area contributed by atoms with Crippen LogP contribution in [0, 0.1) is 6.92 Å². The standard InChI is InChI=1S/C23H26N2O6/c1-15-8-10-17(11-9-15)25-20(26)13-19(23(25)28)24(14-21(30-3)31-4)22(27)16-6-5-7-18(12-16)29-2/h5-12,19,21H,13-14H2,1-4H3. The SMILES string of the molecule is COc1cccc(C(=O)N(CC(OC)OC)C2CC(=O)N(c3ccc(C)cc3)C2=O)c1. The number of hydrogen-bond acceptors (Lipinski definition) is 6. The third kappa shape index (κ3) is 4.76. The molecule has 0 spiro atoms. The highest BCUT2D eigenvalue weighted by Gasteiger charge is 2.45. The van der Waals surface area contributed by atoms with Crippen LogP contribution in [-0.4, -0.2) is 62.8 Å². The molecule has 1 aliphatic heterocycles. The second kappa shape index (κ2) is 9.72. The molecule has 31 heavy (non-hydrogen) atoms. The highest BCUT2D eigenvalue weighted by atomic mass is 16.7. The van der Waals surface area contributed by atoms with Gasteiger partial charge in [-0.1, -0.05) is 23.8 Å². The number of amides is 3. The molecule has 1 unspecified atom stereocenters. The summed E-state index contributed by atoms with van der Waals surface area (Å²) in [5, 5.41) is 0. The van der Waals surface area contributed by atoms with Crippen molar-refractivity contribution in [2.24, 2.45) is 0 Å². The number of anilines is 1. The first kappa shape index (κ1) is 22.5. The number of ether oxygens (including phenoxy) is 3. The predicted molar refractivity (Wildman–Crippen MR) is 114 cm³/mol. The summed E-state index contributed by atoms with van der Waals surface area (Å²) in [4.78, 5) is 41.9. The number of methoxy groups -OCH3 is 3. The van der Waals surface area contributed by atoms with Gasteiger partial charge in [-0.2, -0.15) is 0 Å². The van der Waals surface area contributed by atoms with E-state index in [1.165, 1.54) is 26.2 Å². The molecular weight excluding hydrogens is 400 g/mol. The lowest BCUT2D eigenvalue weighted by molar-refractivity contribution is -0.128. The van der Waals surface area contributed by atoms with Gasteiger partial charge in [-0.3, -0.25) is 14.4 Å². The molecule has 8 nitrogen and oxygen atoms in total. The first-order valence-corrected chi connectivity index (χ1v) is 9.83. The van der Waals surface area contributed by atoms with Crippen LogP contribution in [0.25, 0.3) is 0 Å². The maximum absolute atomic E-state index is 13.4. The summed E-state index contributed by atoms with van der Waals surface area (Å²) in [5.41, 5.74) is 1.82. The van der Waals surface area contributed by atoms with E-state index in [-0.39, 0.29) is 18.9 Å². The van der Waals surface area contributed by atoms with Crippen molar-refractivity contribution in [1.29, 1.82) is 0 Å². The molecule has 2 aromatic carbocycles. The summed E-state index contributed by atoms with van der Waals surface area (Å²) in [7, 11) is 4.40. The fraction of sp³-hybridized carbons (Fsp3) is 0.348. The summed E-state index contributed by atoms with van der Waals surface area (Å²) < 4.78 is 15.7. The van der Waals surface area contributed by atoms with Gasteiger partial charge in [0.2, 0.25) is 5.91 Å². The second-order valence-electron chi connectivity index (χ2n) is 7.21. The molecule has 1 saturated heterocycles. The largest absolute Gasteiger partial charge is 0.497 e. The quantitative estimate of drug-likeness (QED) is 0.476. The Labute approximate surface area is 181 Å². The number of imide groups is 1. The first-order valence-electron chi connectivity index (χ1n) is 9.83. The Bertz CT molecular complexity index is 955. The summed E-state index contributed by atoms with van der Waals surface area (Å²) in [5.74, 6) is -0.740. The van der Waals surface area contributed by atoms with Crippen LogP contribution >= 0.6 is 0 Å². The van der Waals surface area contributed by atoms with Gasteiger partial charge in [0.1, 0.15) is 11.8 Å². The van der Waals surface area contributed by atoms with E-state index in [9.17, 15) is 14.4 Å². The summed E-state index contributed by atoms with van der Waals surface area (Å²) in [6, 6.07) is 12.7. The van der Waals surface area contributed by atoms with E-state index in [2.05, 4.69) is 0 Å². The average molecular weight is 426 g/mol. The van der Waals surface area contributed by atoms with Crippen molar-refractivity contribution in [3.05, 3.63) is 59.7 Å². The van der Waals surface area contributed by atoms with Gasteiger partial charge < -0.3 is 19.1 Å². The molecule has 0 radical (unpaired) electrons. The van der Waals surface area contributed by atoms with Gasteiger partial charge in [-0.15, -0.1) is 0 Å². The fourth-order valence-electron chi connectivity index (χ4n) is 3.50. The van der Waals surface area contributed by atoms with Crippen molar-refractivity contribution in [1.82, 2.24) is 4.90 Å². The van der Waals surface area contributed by atoms with Crippen molar-refractivity contribution >= 4 is 23.4 Å². The minimum Gasteiger partial charge on any atom is -0.497 e. The molecule has 3 rings (SSSR count). The Morgan fingerprint density at radius 3 is 2.39 bits per heavy atom. The molecule has 1 heterocycles. The summed E-state index contributed by atoms with van der Waals surface area (Å²) >= 11 is 0. The number of carbonyl (C=O) groups excluding carboxylic acids is 3. The molecule has 2 aromatic rings. The van der Waals surface area contributed by atoms with Gasteiger partial charge in [-0.05, 0) is 37.3 Å². The monoisotopic (exact) mass is 426 g/mol. The lowest BCUT2D eigenvalue weighted by Gasteiger charge is -2.30. The number of nitrogens with zero attached hydrogens (tertiary/aromatic N) is 2. The third-order valence-corrected chi connectivity index (χ3v) is 5.24. The second-order valence-corrected chi connectivity index (χ2v) is 7.21. The van der Waals surface area contributed by atoms with Crippen LogP contribution in [0.5, 0.6) is 5.75 Å². The van der Waals surface area contributed by atoms with Crippen LogP contribution in [0.2, 0.25) is 0 Å². The van der Waals surface area contributed by atoms with E-state index in [0.717, 1.165) is 10.5 Å². The van der Waals surface area contributed by atoms with Crippen LogP contribution in [0.4, 0.5) is 5.69 Å². The highest BCUT2D eigenvalue weighted by Crippen LogP contribution is 2.28. The van der Waals surface area contributed by atoms with E-state index in [1.807, 2.05) is 19.1 Å². The number of benzene rings is 2. The smallest absolute Gasteiger partial charge is 0.257 e. The highest BCUT2D eigenvalue weighted by molar-refractivity contribution is 6.23. The number of carbonyl (C=O) groups is 3. The molecule has 3 amide bonds. The van der Waals surface area contributed by atoms with Crippen LogP contribution < -0.4 is 9.64 Å². The minimum absolute atomic E-state index is 0.0194. The Morgan fingerprint density at radius 1 is 1.10 bits per heavy atom. The maximum Gasteiger partial charge on any atom is 0.257 e. The fourth-order valence-corrected chi connectivity index (χ4v) is 3.50. The zero-order chi connectivity index (χ0) is 22.5. The van der Waals surface area contributed by atoms with E-state index < -0.39 is 24.1 Å². The van der Waals surface area contributed by atoms with Crippen LogP contribution in [0.15, 0.2) is 48.5 Å². The minimum atomic E-state index is -0.972. The van der Waals surface area contributed by atoms with E-state index in [4.69, 9.17) is 14.2 Å². The predicted octanol–water partition coefficient (Wildman–Crippen LogP) is 2.40. The number of aryl methyl sites for hydroxylation is 1. The Hall–Kier alpha value is -3.23. The molecule has 0 N–H and O–H groups in total. The molecule has 8 heteroatoms. The van der Waals surface area contributed by atoms with Gasteiger partial charge >= 0.3 is 0 Å². The van der Waals surface area contributed by atoms with E-state index >= 15 is 0 Å². The molecule has 1 atom stereocenters. The van der Waals surface area contributed by atoms with Gasteiger partial charge in [0.05, 0.1) is 25.8 Å². The lowest BCUT2D eigenvalue weighted by Crippen LogP contribution is -2.49. The van der Waals surface area contributed by atoms with Gasteiger partial charge in [0.25, 0.3) is 11.8 Å². The van der Waals surface area contributed by atoms with E-state index in [1.54, 1.807) is 36.4 Å². The molecular formula is C23H26N2O6. The molecule has 1 fully saturated rings. The maximum atomic E-state index is 13.4. The molecule has 0 aromatic heterocycles. The normalized spacial score (nSPS) is 16.2. The van der Waals surface area contributed by atoms with Crippen LogP contribution in [0.3, 0.4) is 0 Å². The van der Waals surface area contributed by atoms with Gasteiger partial charge in [0, 0.05) is 19.8 Å². The van der Waals surface area contributed by atoms with Crippen LogP contribution in [-0.2, 0) is 19.1 Å². The molecule has 0 bridgehead atoms. The Morgan fingerprint density at radius 2 is 1.77 bits per heavy atom. The Balaban J connectivity index is 1.95. The number of hydrogen-bond donors (Lipinski definition) is 0. The zero-order valence-corrected chi connectivity index (χ0v) is 18.0. The van der Waals surface area contributed by atoms with Crippen molar-refractivity contribution < 1.29 is 28.6 Å².